The summed E-state index contributed by atoms with van der Waals surface area (Å²) < 4.78 is 37.0. The van der Waals surface area contributed by atoms with Crippen LogP contribution in [0.5, 0.6) is 0 Å². The summed E-state index contributed by atoms with van der Waals surface area (Å²) in [7, 11) is 1.27. The number of methoxy groups -OCH3 is 1. The third-order valence-electron chi connectivity index (χ3n) is 4.37. The van der Waals surface area contributed by atoms with Crippen molar-refractivity contribution < 1.29 is 27.8 Å². The maximum atomic E-state index is 13.6. The van der Waals surface area contributed by atoms with E-state index in [1.807, 2.05) is 13.8 Å². The number of benzene rings is 1. The molecule has 0 bridgehead atoms. The zero-order chi connectivity index (χ0) is 18.9. The fourth-order valence-corrected chi connectivity index (χ4v) is 3.84. The average Bonchev–Trinajstić information content (AvgIpc) is 3.11. The summed E-state index contributed by atoms with van der Waals surface area (Å²) in [4.78, 5) is 23.5. The fourth-order valence-electron chi connectivity index (χ4n) is 2.72. The van der Waals surface area contributed by atoms with Gasteiger partial charge in [-0.1, -0.05) is 19.9 Å². The molecular weight excluding hydrogens is 466 g/mol. The molecule has 8 heteroatoms. The maximum Gasteiger partial charge on any atom is 0.330 e. The smallest absolute Gasteiger partial charge is 0.330 e. The van der Waals surface area contributed by atoms with Gasteiger partial charge in [-0.15, -0.1) is 0 Å². The lowest BCUT2D eigenvalue weighted by Gasteiger charge is -2.11. The highest BCUT2D eigenvalue weighted by Gasteiger charge is 2.61. The van der Waals surface area contributed by atoms with Crippen LogP contribution in [0.25, 0.3) is 0 Å². The van der Waals surface area contributed by atoms with Crippen molar-refractivity contribution in [2.45, 2.75) is 20.5 Å². The van der Waals surface area contributed by atoms with E-state index >= 15 is 0 Å². The number of esters is 2. The highest BCUT2D eigenvalue weighted by Crippen LogP contribution is 2.59. The Labute approximate surface area is 160 Å². The van der Waals surface area contributed by atoms with Gasteiger partial charge in [0.05, 0.1) is 22.0 Å². The molecule has 25 heavy (non-hydrogen) atoms. The largest absolute Gasteiger partial charge is 0.466 e. The van der Waals surface area contributed by atoms with Crippen LogP contribution < -0.4 is 0 Å². The van der Waals surface area contributed by atoms with Crippen LogP contribution >= 0.6 is 31.9 Å². The van der Waals surface area contributed by atoms with Gasteiger partial charge in [0.25, 0.3) is 0 Å². The van der Waals surface area contributed by atoms with E-state index in [2.05, 4.69) is 36.6 Å². The molecule has 0 unspecified atom stereocenters. The molecule has 1 saturated carbocycles. The lowest BCUT2D eigenvalue weighted by molar-refractivity contribution is -0.147. The highest BCUT2D eigenvalue weighted by atomic mass is 79.9. The Morgan fingerprint density at radius 1 is 1.24 bits per heavy atom. The number of halogens is 4. The number of allylic oxidation sites excluding steroid dienone is 1. The number of carbonyl (C=O) groups excluding carboxylic acids is 2. The summed E-state index contributed by atoms with van der Waals surface area (Å²) in [5.41, 5.74) is -0.200. The minimum absolute atomic E-state index is 0.0331. The van der Waals surface area contributed by atoms with Crippen LogP contribution in [0.15, 0.2) is 27.2 Å². The molecule has 0 amide bonds. The summed E-state index contributed by atoms with van der Waals surface area (Å²) in [5, 5.41) is 0. The van der Waals surface area contributed by atoms with Gasteiger partial charge in [0.1, 0.15) is 18.2 Å². The van der Waals surface area contributed by atoms with E-state index in [1.54, 1.807) is 6.08 Å². The molecule has 0 spiro atoms. The second-order valence-electron chi connectivity index (χ2n) is 6.26. The van der Waals surface area contributed by atoms with Crippen LogP contribution in [-0.2, 0) is 25.7 Å². The summed E-state index contributed by atoms with van der Waals surface area (Å²) in [5.74, 6) is -3.17. The molecule has 0 radical (unpaired) electrons. The molecule has 0 heterocycles. The van der Waals surface area contributed by atoms with E-state index in [9.17, 15) is 18.4 Å². The predicted molar refractivity (Wildman–Crippen MR) is 93.5 cm³/mol. The number of hydrogen-bond acceptors (Lipinski definition) is 4. The van der Waals surface area contributed by atoms with Gasteiger partial charge in [0.15, 0.2) is 0 Å². The van der Waals surface area contributed by atoms with Gasteiger partial charge in [0, 0.05) is 17.7 Å². The van der Waals surface area contributed by atoms with E-state index in [0.717, 1.165) is 6.07 Å². The third-order valence-corrected chi connectivity index (χ3v) is 6.08. The Morgan fingerprint density at radius 3 is 2.32 bits per heavy atom. The van der Waals surface area contributed by atoms with Gasteiger partial charge in [0.2, 0.25) is 0 Å². The molecule has 2 rings (SSSR count). The van der Waals surface area contributed by atoms with Crippen molar-refractivity contribution in [2.24, 2.45) is 17.3 Å². The topological polar surface area (TPSA) is 52.6 Å². The molecule has 1 fully saturated rings. The van der Waals surface area contributed by atoms with Crippen molar-refractivity contribution in [3.63, 3.8) is 0 Å². The second kappa shape index (κ2) is 7.53. The van der Waals surface area contributed by atoms with Gasteiger partial charge in [-0.2, -0.15) is 0 Å². The summed E-state index contributed by atoms with van der Waals surface area (Å²) >= 11 is 6.05. The van der Waals surface area contributed by atoms with Crippen LogP contribution in [-0.4, -0.2) is 19.0 Å². The summed E-state index contributed by atoms with van der Waals surface area (Å²) in [6, 6.07) is 0.733. The van der Waals surface area contributed by atoms with Crippen molar-refractivity contribution in [2.75, 3.05) is 7.11 Å². The van der Waals surface area contributed by atoms with Crippen LogP contribution in [0.1, 0.15) is 19.4 Å². The Morgan fingerprint density at radius 2 is 1.80 bits per heavy atom. The van der Waals surface area contributed by atoms with Gasteiger partial charge >= 0.3 is 11.9 Å². The zero-order valence-electron chi connectivity index (χ0n) is 13.7. The molecule has 0 saturated heterocycles. The molecule has 2 atom stereocenters. The quantitative estimate of drug-likeness (QED) is 0.352. The second-order valence-corrected chi connectivity index (χ2v) is 7.85. The van der Waals surface area contributed by atoms with Crippen molar-refractivity contribution >= 4 is 43.8 Å². The van der Waals surface area contributed by atoms with E-state index in [1.165, 1.54) is 13.2 Å². The lowest BCUT2D eigenvalue weighted by Crippen LogP contribution is -2.11. The van der Waals surface area contributed by atoms with Crippen molar-refractivity contribution in [1.82, 2.24) is 0 Å². The molecule has 136 valence electrons. The lowest BCUT2D eigenvalue weighted by atomic mass is 10.1. The van der Waals surface area contributed by atoms with Gasteiger partial charge in [-0.3, -0.25) is 4.79 Å². The molecule has 1 aromatic carbocycles. The van der Waals surface area contributed by atoms with E-state index in [4.69, 9.17) is 4.74 Å². The summed E-state index contributed by atoms with van der Waals surface area (Å²) in [6.07, 6.45) is 2.89. The number of ether oxygens (including phenoxy) is 2. The SMILES string of the molecule is COC(=O)/C=C\[C@H]1[C@@H](C(=O)OCc2c(Br)c(F)cc(F)c2Br)C1(C)C. The van der Waals surface area contributed by atoms with Crippen LogP contribution in [0.4, 0.5) is 8.78 Å². The van der Waals surface area contributed by atoms with Gasteiger partial charge in [-0.25, -0.2) is 13.6 Å². The first-order valence-corrected chi connectivity index (χ1v) is 8.94. The van der Waals surface area contributed by atoms with Crippen LogP contribution in [0.3, 0.4) is 0 Å². The molecular formula is C17H16Br2F2O4. The van der Waals surface area contributed by atoms with Crippen molar-refractivity contribution in [3.8, 4) is 0 Å². The van der Waals surface area contributed by atoms with Gasteiger partial charge < -0.3 is 9.47 Å². The molecule has 4 nitrogen and oxygen atoms in total. The molecule has 1 aliphatic carbocycles. The molecule has 0 aliphatic heterocycles. The highest BCUT2D eigenvalue weighted by molar-refractivity contribution is 9.11. The third kappa shape index (κ3) is 4.11. The minimum atomic E-state index is -0.780. The maximum absolute atomic E-state index is 13.6. The fraction of sp³-hybridized carbons (Fsp3) is 0.412. The van der Waals surface area contributed by atoms with Crippen LogP contribution in [0.2, 0.25) is 0 Å². The van der Waals surface area contributed by atoms with Crippen LogP contribution in [0, 0.1) is 28.9 Å². The Kier molecular flexibility index (Phi) is 6.04. The molecule has 1 aromatic rings. The number of carbonyl (C=O) groups is 2. The van der Waals surface area contributed by atoms with Gasteiger partial charge in [-0.05, 0) is 43.2 Å². The molecule has 0 aromatic heterocycles. The Bertz CT molecular complexity index is 720. The Balaban J connectivity index is 2.07. The van der Waals surface area contributed by atoms with E-state index < -0.39 is 29.5 Å². The number of rotatable bonds is 5. The summed E-state index contributed by atoms with van der Waals surface area (Å²) in [6.45, 7) is 3.46. The predicted octanol–water partition coefficient (Wildman–Crippen LogP) is 4.53. The Hall–Kier alpha value is -1.28. The first-order chi connectivity index (χ1) is 11.6. The average molecular weight is 482 g/mol. The normalized spacial score (nSPS) is 21.2. The van der Waals surface area contributed by atoms with E-state index in [-0.39, 0.29) is 32.4 Å². The molecule has 0 N–H and O–H groups in total. The number of hydrogen-bond donors (Lipinski definition) is 0. The van der Waals surface area contributed by atoms with Crippen molar-refractivity contribution in [3.05, 3.63) is 44.4 Å². The van der Waals surface area contributed by atoms with Crippen molar-refractivity contribution in [1.29, 1.82) is 0 Å². The standard InChI is InChI=1S/C17H16Br2F2O4/c1-17(2)9(4-5-12(22)24-3)13(17)16(23)25-7-8-14(18)10(20)6-11(21)15(8)19/h4-6,9,13H,7H2,1-3H3/b5-4-/t9-,13-/m0/s1. The van der Waals surface area contributed by atoms with E-state index in [0.29, 0.717) is 0 Å². The monoisotopic (exact) mass is 480 g/mol. The first-order valence-electron chi connectivity index (χ1n) is 7.35. The molecule has 1 aliphatic rings. The minimum Gasteiger partial charge on any atom is -0.466 e. The first kappa shape index (κ1) is 20.0. The zero-order valence-corrected chi connectivity index (χ0v) is 16.9.